The number of aromatic nitrogens is 1. The number of halogens is 1. The molecular formula is C17H18ClN3O2S. The summed E-state index contributed by atoms with van der Waals surface area (Å²) in [6.45, 7) is 4.71. The highest BCUT2D eigenvalue weighted by molar-refractivity contribution is 7.80. The van der Waals surface area contributed by atoms with E-state index in [2.05, 4.69) is 29.5 Å². The van der Waals surface area contributed by atoms with Gasteiger partial charge in [-0.2, -0.15) is 0 Å². The number of ether oxygens (including phenoxy) is 1. The summed E-state index contributed by atoms with van der Waals surface area (Å²) in [5.41, 5.74) is 0.983. The van der Waals surface area contributed by atoms with E-state index < -0.39 is 0 Å². The molecule has 1 amide bonds. The number of anilines is 1. The molecule has 0 aliphatic carbocycles. The normalized spacial score (nSPS) is 10.3. The Morgan fingerprint density at radius 2 is 2.12 bits per heavy atom. The van der Waals surface area contributed by atoms with Crippen LogP contribution in [0.2, 0.25) is 5.15 Å². The molecule has 1 heterocycles. The Hall–Kier alpha value is -2.18. The lowest BCUT2D eigenvalue weighted by Gasteiger charge is -2.12. The van der Waals surface area contributed by atoms with Crippen LogP contribution in [0.4, 0.5) is 5.69 Å². The van der Waals surface area contributed by atoms with E-state index in [0.29, 0.717) is 29.5 Å². The van der Waals surface area contributed by atoms with Gasteiger partial charge in [0.15, 0.2) is 10.3 Å². The first-order valence-electron chi connectivity index (χ1n) is 7.41. The van der Waals surface area contributed by atoms with Gasteiger partial charge in [0.2, 0.25) is 0 Å². The lowest BCUT2D eigenvalue weighted by Crippen LogP contribution is -2.34. The van der Waals surface area contributed by atoms with Crippen molar-refractivity contribution < 1.29 is 9.53 Å². The number of pyridine rings is 1. The summed E-state index contributed by atoms with van der Waals surface area (Å²) in [7, 11) is 0. The fraction of sp³-hybridized carbons (Fsp3) is 0.235. The highest BCUT2D eigenvalue weighted by Gasteiger charge is 2.10. The van der Waals surface area contributed by atoms with Gasteiger partial charge in [0.25, 0.3) is 5.91 Å². The molecule has 2 rings (SSSR count). The van der Waals surface area contributed by atoms with Gasteiger partial charge in [-0.05, 0) is 48.5 Å². The molecule has 0 aliphatic rings. The third kappa shape index (κ3) is 5.47. The lowest BCUT2D eigenvalue weighted by molar-refractivity contribution is 0.0977. The zero-order valence-corrected chi connectivity index (χ0v) is 14.9. The Morgan fingerprint density at radius 1 is 1.33 bits per heavy atom. The van der Waals surface area contributed by atoms with Crippen molar-refractivity contribution in [2.45, 2.75) is 13.8 Å². The first-order valence-corrected chi connectivity index (χ1v) is 8.20. The van der Waals surface area contributed by atoms with Gasteiger partial charge < -0.3 is 10.1 Å². The SMILES string of the molecule is CC(C)COc1cccc(C(=O)NC(=S)Nc2cccnc2Cl)c1. The van der Waals surface area contributed by atoms with Crippen LogP contribution in [0, 0.1) is 5.92 Å². The minimum atomic E-state index is -0.331. The zero-order valence-electron chi connectivity index (χ0n) is 13.4. The molecule has 0 unspecified atom stereocenters. The van der Waals surface area contributed by atoms with Crippen molar-refractivity contribution in [3.05, 3.63) is 53.3 Å². The van der Waals surface area contributed by atoms with E-state index in [1.165, 1.54) is 0 Å². The molecule has 126 valence electrons. The summed E-state index contributed by atoms with van der Waals surface area (Å²) in [6.07, 6.45) is 1.57. The number of nitrogens with one attached hydrogen (secondary N) is 2. The molecule has 1 aromatic heterocycles. The molecule has 0 radical (unpaired) electrons. The molecule has 24 heavy (non-hydrogen) atoms. The van der Waals surface area contributed by atoms with Crippen molar-refractivity contribution in [2.24, 2.45) is 5.92 Å². The van der Waals surface area contributed by atoms with Crippen molar-refractivity contribution >= 4 is 40.5 Å². The zero-order chi connectivity index (χ0) is 17.5. The molecule has 0 saturated carbocycles. The van der Waals surface area contributed by atoms with Crippen LogP contribution >= 0.6 is 23.8 Å². The maximum absolute atomic E-state index is 12.3. The third-order valence-electron chi connectivity index (χ3n) is 2.91. The average molecular weight is 364 g/mol. The van der Waals surface area contributed by atoms with E-state index in [1.54, 1.807) is 36.5 Å². The number of hydrogen-bond donors (Lipinski definition) is 2. The van der Waals surface area contributed by atoms with E-state index in [4.69, 9.17) is 28.6 Å². The van der Waals surface area contributed by atoms with Crippen LogP contribution < -0.4 is 15.4 Å². The minimum absolute atomic E-state index is 0.142. The van der Waals surface area contributed by atoms with Crippen LogP contribution in [0.25, 0.3) is 0 Å². The van der Waals surface area contributed by atoms with Gasteiger partial charge >= 0.3 is 0 Å². The molecular weight excluding hydrogens is 346 g/mol. The second kappa shape index (κ2) is 8.61. The van der Waals surface area contributed by atoms with Crippen molar-refractivity contribution in [1.82, 2.24) is 10.3 Å². The largest absolute Gasteiger partial charge is 0.493 e. The first-order chi connectivity index (χ1) is 11.5. The van der Waals surface area contributed by atoms with Crippen LogP contribution in [0.5, 0.6) is 5.75 Å². The topological polar surface area (TPSA) is 63.2 Å². The van der Waals surface area contributed by atoms with Gasteiger partial charge in [0, 0.05) is 11.8 Å². The van der Waals surface area contributed by atoms with Crippen molar-refractivity contribution in [1.29, 1.82) is 0 Å². The number of benzene rings is 1. The Balaban J connectivity index is 1.98. The number of rotatable bonds is 5. The van der Waals surface area contributed by atoms with Crippen LogP contribution in [0.1, 0.15) is 24.2 Å². The van der Waals surface area contributed by atoms with Gasteiger partial charge in [-0.1, -0.05) is 31.5 Å². The Bertz CT molecular complexity index is 737. The average Bonchev–Trinajstić information content (AvgIpc) is 2.55. The van der Waals surface area contributed by atoms with Crippen LogP contribution in [0.15, 0.2) is 42.6 Å². The summed E-state index contributed by atoms with van der Waals surface area (Å²) in [5, 5.41) is 5.86. The second-order valence-electron chi connectivity index (χ2n) is 5.48. The number of thiocarbonyl (C=S) groups is 1. The quantitative estimate of drug-likeness (QED) is 0.623. The van der Waals surface area contributed by atoms with E-state index in [-0.39, 0.29) is 16.2 Å². The van der Waals surface area contributed by atoms with E-state index in [0.717, 1.165) is 0 Å². The molecule has 0 spiro atoms. The number of nitrogens with zero attached hydrogens (tertiary/aromatic N) is 1. The fourth-order valence-corrected chi connectivity index (χ4v) is 2.17. The first kappa shape index (κ1) is 18.2. The number of carbonyl (C=O) groups is 1. The summed E-state index contributed by atoms with van der Waals surface area (Å²) in [5.74, 6) is 0.719. The smallest absolute Gasteiger partial charge is 0.257 e. The maximum atomic E-state index is 12.3. The van der Waals surface area contributed by atoms with Crippen molar-refractivity contribution in [2.75, 3.05) is 11.9 Å². The maximum Gasteiger partial charge on any atom is 0.257 e. The molecule has 5 nitrogen and oxygen atoms in total. The Labute approximate surface area is 151 Å². The van der Waals surface area contributed by atoms with Crippen LogP contribution in [0.3, 0.4) is 0 Å². The summed E-state index contributed by atoms with van der Waals surface area (Å²) >= 11 is 11.1. The number of carbonyl (C=O) groups excluding carboxylic acids is 1. The molecule has 0 saturated heterocycles. The van der Waals surface area contributed by atoms with Gasteiger partial charge in [0.1, 0.15) is 5.75 Å². The van der Waals surface area contributed by atoms with Gasteiger partial charge in [0.05, 0.1) is 12.3 Å². The number of amides is 1. The van der Waals surface area contributed by atoms with E-state index in [1.807, 2.05) is 6.07 Å². The predicted octanol–water partition coefficient (Wildman–Crippen LogP) is 3.90. The van der Waals surface area contributed by atoms with Crippen molar-refractivity contribution in [3.8, 4) is 5.75 Å². The van der Waals surface area contributed by atoms with Crippen molar-refractivity contribution in [3.63, 3.8) is 0 Å². The summed E-state index contributed by atoms with van der Waals surface area (Å²) in [6, 6.07) is 10.4. The third-order valence-corrected chi connectivity index (χ3v) is 3.42. The molecule has 1 aromatic carbocycles. The molecule has 0 bridgehead atoms. The molecule has 2 N–H and O–H groups in total. The summed E-state index contributed by atoms with van der Waals surface area (Å²) in [4.78, 5) is 16.2. The Kier molecular flexibility index (Phi) is 6.52. The second-order valence-corrected chi connectivity index (χ2v) is 6.25. The highest BCUT2D eigenvalue weighted by atomic mass is 35.5. The van der Waals surface area contributed by atoms with E-state index in [9.17, 15) is 4.79 Å². The molecule has 0 fully saturated rings. The minimum Gasteiger partial charge on any atom is -0.493 e. The van der Waals surface area contributed by atoms with E-state index >= 15 is 0 Å². The molecule has 0 aliphatic heterocycles. The standard InChI is InChI=1S/C17H18ClN3O2S/c1-11(2)10-23-13-6-3-5-12(9-13)16(22)21-17(24)20-14-7-4-8-19-15(14)18/h3-9,11H,10H2,1-2H3,(H2,20,21,22,24). The highest BCUT2D eigenvalue weighted by Crippen LogP contribution is 2.17. The predicted molar refractivity (Wildman–Crippen MR) is 99.7 cm³/mol. The van der Waals surface area contributed by atoms with Crippen LogP contribution in [-0.2, 0) is 0 Å². The monoisotopic (exact) mass is 363 g/mol. The Morgan fingerprint density at radius 3 is 2.83 bits per heavy atom. The van der Waals surface area contributed by atoms with Gasteiger partial charge in [-0.15, -0.1) is 0 Å². The number of hydrogen-bond acceptors (Lipinski definition) is 4. The molecule has 7 heteroatoms. The lowest BCUT2D eigenvalue weighted by atomic mass is 10.2. The van der Waals surface area contributed by atoms with Gasteiger partial charge in [-0.25, -0.2) is 4.98 Å². The van der Waals surface area contributed by atoms with Gasteiger partial charge in [-0.3, -0.25) is 10.1 Å². The molecule has 2 aromatic rings. The molecule has 0 atom stereocenters. The fourth-order valence-electron chi connectivity index (χ4n) is 1.80. The summed E-state index contributed by atoms with van der Waals surface area (Å²) < 4.78 is 5.62. The van der Waals surface area contributed by atoms with Crippen LogP contribution in [-0.4, -0.2) is 22.6 Å².